The van der Waals surface area contributed by atoms with Gasteiger partial charge < -0.3 is 5.11 Å². The molecule has 4 aromatic carbocycles. The quantitative estimate of drug-likeness (QED) is 0.370. The molecule has 1 aliphatic carbocycles. The number of nitrogens with zero attached hydrogens (tertiary/aromatic N) is 1. The van der Waals surface area contributed by atoms with E-state index < -0.39 is 6.10 Å². The molecule has 1 N–H and O–H groups in total. The molecule has 2 nitrogen and oxygen atoms in total. The van der Waals surface area contributed by atoms with E-state index in [0.717, 1.165) is 55.5 Å². The van der Waals surface area contributed by atoms with Crippen LogP contribution in [-0.4, -0.2) is 10.1 Å². The Kier molecular flexibility index (Phi) is 3.80. The van der Waals surface area contributed by atoms with E-state index in [0.29, 0.717) is 0 Å². The summed E-state index contributed by atoms with van der Waals surface area (Å²) < 4.78 is 0. The summed E-state index contributed by atoms with van der Waals surface area (Å²) in [5, 5.41) is 12.5. The lowest BCUT2D eigenvalue weighted by Gasteiger charge is -2.17. The van der Waals surface area contributed by atoms with Crippen LogP contribution in [0, 0.1) is 0 Å². The third-order valence-electron chi connectivity index (χ3n) is 5.97. The van der Waals surface area contributed by atoms with Crippen molar-refractivity contribution in [2.24, 2.45) is 0 Å². The van der Waals surface area contributed by atoms with Gasteiger partial charge in [0.1, 0.15) is 6.10 Å². The molecule has 1 atom stereocenters. The molecule has 0 saturated carbocycles. The van der Waals surface area contributed by atoms with Gasteiger partial charge >= 0.3 is 0 Å². The Bertz CT molecular complexity index is 1390. The zero-order valence-corrected chi connectivity index (χ0v) is 16.3. The normalized spacial score (nSPS) is 14.5. The van der Waals surface area contributed by atoms with Crippen LogP contribution in [0.3, 0.4) is 0 Å². The molecule has 0 saturated heterocycles. The first kappa shape index (κ1) is 17.1. The Morgan fingerprint density at radius 2 is 1.27 bits per heavy atom. The molecule has 142 valence electrons. The van der Waals surface area contributed by atoms with Crippen molar-refractivity contribution >= 4 is 10.9 Å². The molecule has 0 bridgehead atoms. The van der Waals surface area contributed by atoms with E-state index in [2.05, 4.69) is 54.6 Å². The molecule has 2 heteroatoms. The first-order chi connectivity index (χ1) is 14.8. The molecule has 0 fully saturated rings. The van der Waals surface area contributed by atoms with Gasteiger partial charge in [0.15, 0.2) is 0 Å². The number of aliphatic hydroxyl groups is 1. The van der Waals surface area contributed by atoms with Gasteiger partial charge in [-0.15, -0.1) is 0 Å². The highest BCUT2D eigenvalue weighted by atomic mass is 16.3. The number of hydrogen-bond donors (Lipinski definition) is 1. The topological polar surface area (TPSA) is 33.1 Å². The minimum absolute atomic E-state index is 0.703. The van der Waals surface area contributed by atoms with Crippen molar-refractivity contribution in [3.05, 3.63) is 114 Å². The predicted octanol–water partition coefficient (Wildman–Crippen LogP) is 6.63. The van der Waals surface area contributed by atoms with Gasteiger partial charge in [0.05, 0.1) is 11.2 Å². The molecule has 1 aliphatic rings. The number of rotatable bonds is 2. The third kappa shape index (κ3) is 2.51. The molecule has 0 amide bonds. The Morgan fingerprint density at radius 1 is 0.633 bits per heavy atom. The van der Waals surface area contributed by atoms with E-state index in [1.165, 1.54) is 0 Å². The lowest BCUT2D eigenvalue weighted by atomic mass is 9.87. The molecule has 1 heterocycles. The van der Waals surface area contributed by atoms with Crippen LogP contribution in [0.4, 0.5) is 0 Å². The minimum Gasteiger partial charge on any atom is -0.384 e. The van der Waals surface area contributed by atoms with E-state index in [-0.39, 0.29) is 0 Å². The van der Waals surface area contributed by atoms with E-state index in [1.807, 2.05) is 48.5 Å². The lowest BCUT2D eigenvalue weighted by Crippen LogP contribution is -1.99. The maximum atomic E-state index is 11.5. The molecule has 0 radical (unpaired) electrons. The van der Waals surface area contributed by atoms with Crippen molar-refractivity contribution < 1.29 is 5.11 Å². The molecule has 30 heavy (non-hydrogen) atoms. The Balaban J connectivity index is 1.68. The second-order valence-corrected chi connectivity index (χ2v) is 7.70. The molecular weight excluding hydrogens is 366 g/mol. The molecular formula is C28H19NO. The molecule has 0 spiro atoms. The first-order valence-corrected chi connectivity index (χ1v) is 10.2. The van der Waals surface area contributed by atoms with Gasteiger partial charge in [-0.05, 0) is 34.4 Å². The van der Waals surface area contributed by atoms with Crippen molar-refractivity contribution in [2.45, 2.75) is 6.10 Å². The average Bonchev–Trinajstić information content (AvgIpc) is 3.09. The van der Waals surface area contributed by atoms with Crippen LogP contribution < -0.4 is 0 Å². The van der Waals surface area contributed by atoms with Gasteiger partial charge in [0, 0.05) is 22.1 Å². The largest absolute Gasteiger partial charge is 0.384 e. The summed E-state index contributed by atoms with van der Waals surface area (Å²) >= 11 is 0. The van der Waals surface area contributed by atoms with Crippen LogP contribution in [0.2, 0.25) is 0 Å². The van der Waals surface area contributed by atoms with Crippen LogP contribution >= 0.6 is 0 Å². The van der Waals surface area contributed by atoms with Crippen molar-refractivity contribution in [3.63, 3.8) is 0 Å². The number of aliphatic hydroxyl groups excluding tert-OH is 1. The summed E-state index contributed by atoms with van der Waals surface area (Å²) in [4.78, 5) is 4.92. The summed E-state index contributed by atoms with van der Waals surface area (Å²) in [7, 11) is 0. The summed E-state index contributed by atoms with van der Waals surface area (Å²) in [5.41, 5.74) is 9.11. The lowest BCUT2D eigenvalue weighted by molar-refractivity contribution is 0.226. The Hall–Kier alpha value is -3.75. The number of aromatic nitrogens is 1. The van der Waals surface area contributed by atoms with Crippen molar-refractivity contribution in [1.82, 2.24) is 4.98 Å². The molecule has 1 aromatic heterocycles. The number of para-hydroxylation sites is 1. The molecule has 6 rings (SSSR count). The number of benzene rings is 4. The van der Waals surface area contributed by atoms with Crippen LogP contribution in [0.5, 0.6) is 0 Å². The van der Waals surface area contributed by atoms with Gasteiger partial charge in [0.2, 0.25) is 0 Å². The van der Waals surface area contributed by atoms with Crippen LogP contribution in [0.15, 0.2) is 103 Å². The average molecular weight is 385 g/mol. The van der Waals surface area contributed by atoms with Crippen LogP contribution in [-0.2, 0) is 0 Å². The maximum Gasteiger partial charge on any atom is 0.107 e. The fourth-order valence-electron chi connectivity index (χ4n) is 4.60. The highest BCUT2D eigenvalue weighted by Crippen LogP contribution is 2.50. The SMILES string of the molecule is OC1c2cc3ccccc3nc2-c2ccc(-c3ccccc3)c(-c3ccccc3)c21. The van der Waals surface area contributed by atoms with E-state index in [1.54, 1.807) is 0 Å². The van der Waals surface area contributed by atoms with Crippen LogP contribution in [0.1, 0.15) is 17.2 Å². The minimum atomic E-state index is -0.703. The fraction of sp³-hybridized carbons (Fsp3) is 0.0357. The Labute approximate surface area is 175 Å². The molecule has 0 aliphatic heterocycles. The number of pyridine rings is 1. The number of fused-ring (bicyclic) bond motifs is 4. The monoisotopic (exact) mass is 385 g/mol. The zero-order valence-electron chi connectivity index (χ0n) is 16.3. The summed E-state index contributed by atoms with van der Waals surface area (Å²) in [6, 6.07) is 35.2. The summed E-state index contributed by atoms with van der Waals surface area (Å²) in [6.45, 7) is 0. The van der Waals surface area contributed by atoms with Crippen molar-refractivity contribution in [1.29, 1.82) is 0 Å². The van der Waals surface area contributed by atoms with Crippen molar-refractivity contribution in [3.8, 4) is 33.5 Å². The maximum absolute atomic E-state index is 11.5. The summed E-state index contributed by atoms with van der Waals surface area (Å²) in [5.74, 6) is 0. The van der Waals surface area contributed by atoms with Crippen LogP contribution in [0.25, 0.3) is 44.4 Å². The van der Waals surface area contributed by atoms with Gasteiger partial charge in [-0.3, -0.25) is 0 Å². The second-order valence-electron chi connectivity index (χ2n) is 7.70. The van der Waals surface area contributed by atoms with E-state index >= 15 is 0 Å². The number of hydrogen-bond acceptors (Lipinski definition) is 2. The fourth-order valence-corrected chi connectivity index (χ4v) is 4.60. The van der Waals surface area contributed by atoms with Gasteiger partial charge in [-0.1, -0.05) is 91.0 Å². The molecule has 5 aromatic rings. The van der Waals surface area contributed by atoms with Crippen molar-refractivity contribution in [2.75, 3.05) is 0 Å². The van der Waals surface area contributed by atoms with E-state index in [9.17, 15) is 5.11 Å². The zero-order chi connectivity index (χ0) is 20.1. The standard InChI is InChI=1S/C28H19NO/c30-28-23-17-20-13-7-8-14-24(20)29-27(23)22-16-15-21(18-9-3-1-4-10-18)25(26(22)28)19-11-5-2-6-12-19/h1-17,28,30H. The van der Waals surface area contributed by atoms with E-state index in [4.69, 9.17) is 4.98 Å². The molecule has 1 unspecified atom stereocenters. The first-order valence-electron chi connectivity index (χ1n) is 10.2. The highest BCUT2D eigenvalue weighted by molar-refractivity contribution is 5.95. The third-order valence-corrected chi connectivity index (χ3v) is 5.97. The van der Waals surface area contributed by atoms with Gasteiger partial charge in [0.25, 0.3) is 0 Å². The smallest absolute Gasteiger partial charge is 0.107 e. The Morgan fingerprint density at radius 3 is 2.03 bits per heavy atom. The van der Waals surface area contributed by atoms with Gasteiger partial charge in [-0.2, -0.15) is 0 Å². The summed E-state index contributed by atoms with van der Waals surface area (Å²) in [6.07, 6.45) is -0.703. The second kappa shape index (κ2) is 6.65. The van der Waals surface area contributed by atoms with Gasteiger partial charge in [-0.25, -0.2) is 4.98 Å². The highest BCUT2D eigenvalue weighted by Gasteiger charge is 2.33. The predicted molar refractivity (Wildman–Crippen MR) is 122 cm³/mol.